The van der Waals surface area contributed by atoms with Crippen LogP contribution in [0.15, 0.2) is 143 Å². The minimum atomic E-state index is -2.88. The number of hydrogen-bond acceptors (Lipinski definition) is 2. The molecule has 0 aromatic heterocycles. The summed E-state index contributed by atoms with van der Waals surface area (Å²) < 4.78 is 15.0. The van der Waals surface area contributed by atoms with E-state index in [9.17, 15) is 0 Å². The van der Waals surface area contributed by atoms with Crippen molar-refractivity contribution in [2.75, 3.05) is 14.2 Å². The van der Waals surface area contributed by atoms with Crippen LogP contribution in [0.4, 0.5) is 0 Å². The fourth-order valence-corrected chi connectivity index (χ4v) is 16.2. The molecular weight excluding hydrogens is 592 g/mol. The monoisotopic (exact) mass is 622 g/mol. The molecule has 5 aromatic carbocycles. The van der Waals surface area contributed by atoms with Crippen LogP contribution in [0.1, 0.15) is 37.9 Å². The van der Waals surface area contributed by atoms with Crippen LogP contribution in [-0.4, -0.2) is 17.4 Å². The Kier molecular flexibility index (Phi) is 7.45. The molecule has 2 aliphatic carbocycles. The van der Waals surface area contributed by atoms with Crippen LogP contribution in [0, 0.1) is 0 Å². The van der Waals surface area contributed by atoms with E-state index in [1.807, 2.05) is 6.07 Å². The number of ether oxygens (including phenoxy) is 2. The third-order valence-electron chi connectivity index (χ3n) is 8.47. The third kappa shape index (κ3) is 4.67. The van der Waals surface area contributed by atoms with E-state index < -0.39 is 21.3 Å². The van der Waals surface area contributed by atoms with Crippen LogP contribution in [0.25, 0.3) is 16.7 Å². The minimum absolute atomic E-state index is 0.351. The van der Waals surface area contributed by atoms with Crippen molar-refractivity contribution >= 4 is 8.78 Å². The van der Waals surface area contributed by atoms with Crippen molar-refractivity contribution in [1.82, 2.24) is 0 Å². The van der Waals surface area contributed by atoms with Crippen LogP contribution in [0.5, 0.6) is 11.5 Å². The Morgan fingerprint density at radius 3 is 1.76 bits per heavy atom. The van der Waals surface area contributed by atoms with Crippen LogP contribution in [0.3, 0.4) is 0 Å². The first-order valence-corrected chi connectivity index (χ1v) is 18.3. The Balaban J connectivity index is 1.61. The molecule has 0 amide bonds. The molecule has 0 heterocycles. The van der Waals surface area contributed by atoms with Crippen LogP contribution >= 0.6 is 0 Å². The van der Waals surface area contributed by atoms with Crippen molar-refractivity contribution in [2.24, 2.45) is 0 Å². The summed E-state index contributed by atoms with van der Waals surface area (Å²) in [5.41, 5.74) is 10.8. The molecule has 204 valence electrons. The quantitative estimate of drug-likeness (QED) is 0.180. The maximum absolute atomic E-state index is 5.96. The van der Waals surface area contributed by atoms with Crippen molar-refractivity contribution in [3.05, 3.63) is 171 Å². The molecule has 0 saturated heterocycles. The van der Waals surface area contributed by atoms with Gasteiger partial charge in [-0.25, -0.2) is 0 Å². The Labute approximate surface area is 255 Å². The molecule has 0 fully saturated rings. The molecule has 5 aromatic rings. The van der Waals surface area contributed by atoms with Gasteiger partial charge in [-0.1, -0.05) is 0 Å². The van der Waals surface area contributed by atoms with Gasteiger partial charge in [-0.05, 0) is 0 Å². The summed E-state index contributed by atoms with van der Waals surface area (Å²) in [5, 5.41) is 0. The normalized spacial score (nSPS) is 13.6. The number of hydrogen-bond donors (Lipinski definition) is 0. The van der Waals surface area contributed by atoms with Gasteiger partial charge < -0.3 is 0 Å². The molecule has 0 aliphatic heterocycles. The first-order chi connectivity index (χ1) is 20.8. The molecule has 7 rings (SSSR count). The molecule has 0 unspecified atom stereocenters. The SMILES string of the molecule is COc1ccc(C2=[C]([Zr](=[C](c3ccccc3)c3ccccc3)[CH]3c4ccccc4-c4ccccc43)CC=C2)c(OC)c1. The molecule has 42 heavy (non-hydrogen) atoms. The van der Waals surface area contributed by atoms with Gasteiger partial charge in [-0.2, -0.15) is 0 Å². The second-order valence-corrected chi connectivity index (χ2v) is 16.9. The van der Waals surface area contributed by atoms with E-state index in [1.165, 1.54) is 39.0 Å². The predicted octanol–water partition coefficient (Wildman–Crippen LogP) is 9.03. The van der Waals surface area contributed by atoms with Crippen LogP contribution in [-0.2, 0) is 21.3 Å². The van der Waals surface area contributed by atoms with Crippen molar-refractivity contribution in [3.8, 4) is 22.6 Å². The van der Waals surface area contributed by atoms with Gasteiger partial charge in [0.15, 0.2) is 0 Å². The average molecular weight is 624 g/mol. The summed E-state index contributed by atoms with van der Waals surface area (Å²) >= 11 is -2.88. The van der Waals surface area contributed by atoms with Gasteiger partial charge in [-0.15, -0.1) is 0 Å². The fourth-order valence-electron chi connectivity index (χ4n) is 6.66. The Morgan fingerprint density at radius 2 is 1.19 bits per heavy atom. The van der Waals surface area contributed by atoms with E-state index in [4.69, 9.17) is 9.47 Å². The summed E-state index contributed by atoms with van der Waals surface area (Å²) in [4.78, 5) is 0. The van der Waals surface area contributed by atoms with Gasteiger partial charge in [0, 0.05) is 0 Å². The van der Waals surface area contributed by atoms with Gasteiger partial charge in [-0.3, -0.25) is 0 Å². The fraction of sp³-hybridized carbons (Fsp3) is 0.103. The predicted molar refractivity (Wildman–Crippen MR) is 170 cm³/mol. The second kappa shape index (κ2) is 11.7. The van der Waals surface area contributed by atoms with E-state index in [0.717, 1.165) is 23.5 Å². The van der Waals surface area contributed by atoms with E-state index >= 15 is 0 Å². The first-order valence-electron chi connectivity index (χ1n) is 14.4. The molecule has 0 radical (unpaired) electrons. The number of benzene rings is 5. The topological polar surface area (TPSA) is 18.5 Å². The first kappa shape index (κ1) is 26.8. The Hall–Kier alpha value is -4.07. The molecule has 3 heteroatoms. The van der Waals surface area contributed by atoms with Crippen LogP contribution < -0.4 is 9.47 Å². The molecule has 2 nitrogen and oxygen atoms in total. The molecule has 0 spiro atoms. The molecule has 0 bridgehead atoms. The number of allylic oxidation sites excluding steroid dienone is 4. The molecular formula is C39H32O2Zr. The zero-order valence-corrected chi connectivity index (χ0v) is 26.3. The van der Waals surface area contributed by atoms with Crippen molar-refractivity contribution in [3.63, 3.8) is 0 Å². The van der Waals surface area contributed by atoms with Crippen molar-refractivity contribution in [2.45, 2.75) is 10.0 Å². The van der Waals surface area contributed by atoms with E-state index in [2.05, 4.69) is 133 Å². The van der Waals surface area contributed by atoms with Gasteiger partial charge in [0.25, 0.3) is 0 Å². The van der Waals surface area contributed by atoms with E-state index in [0.29, 0.717) is 3.63 Å². The zero-order chi connectivity index (χ0) is 28.5. The van der Waals surface area contributed by atoms with E-state index in [1.54, 1.807) is 20.7 Å². The van der Waals surface area contributed by atoms with Gasteiger partial charge in [0.05, 0.1) is 0 Å². The zero-order valence-electron chi connectivity index (χ0n) is 23.9. The summed E-state index contributed by atoms with van der Waals surface area (Å²) in [6.45, 7) is 0. The van der Waals surface area contributed by atoms with Crippen LogP contribution in [0.2, 0.25) is 0 Å². The Morgan fingerprint density at radius 1 is 0.619 bits per heavy atom. The Bertz CT molecular complexity index is 1780. The maximum atomic E-state index is 5.96. The van der Waals surface area contributed by atoms with Gasteiger partial charge >= 0.3 is 257 Å². The molecule has 0 N–H and O–H groups in total. The third-order valence-corrected chi connectivity index (χ3v) is 16.9. The number of rotatable bonds is 7. The molecule has 0 saturated carbocycles. The molecule has 0 atom stereocenters. The summed E-state index contributed by atoms with van der Waals surface area (Å²) in [7, 11) is 3.46. The standard InChI is InChI=1S/C13H13O2.C13H9.C13H10.Zr/c1-14-11-7-8-12(13(9-11)15-2)10-5-3-4-6-10;1-3-7-12-10(5-1)9-11-6-2-4-8-13(11)12;1-3-7-12(8-4-1)11-13-9-5-2-6-10-13;/h3,5,7-9H,4H2,1-2H3;1-9H;1-10H;. The van der Waals surface area contributed by atoms with E-state index in [-0.39, 0.29) is 0 Å². The van der Waals surface area contributed by atoms with Crippen molar-refractivity contribution in [1.29, 1.82) is 0 Å². The summed E-state index contributed by atoms with van der Waals surface area (Å²) in [6.07, 6.45) is 5.65. The summed E-state index contributed by atoms with van der Waals surface area (Å²) in [6, 6.07) is 46.7. The van der Waals surface area contributed by atoms with Gasteiger partial charge in [0.1, 0.15) is 0 Å². The van der Waals surface area contributed by atoms with Crippen molar-refractivity contribution < 1.29 is 30.7 Å². The number of fused-ring (bicyclic) bond motifs is 3. The molecule has 2 aliphatic rings. The van der Waals surface area contributed by atoms with Gasteiger partial charge in [0.2, 0.25) is 0 Å². The average Bonchev–Trinajstić information content (AvgIpc) is 3.67. The number of methoxy groups -OCH3 is 2. The second-order valence-electron chi connectivity index (χ2n) is 10.7. The summed E-state index contributed by atoms with van der Waals surface area (Å²) in [5.74, 6) is 1.66.